The third-order valence-electron chi connectivity index (χ3n) is 7.13. The summed E-state index contributed by atoms with van der Waals surface area (Å²) in [7, 11) is 0. The Kier molecular flexibility index (Phi) is 8.92. The molecule has 13 heteroatoms. The number of nitrogens with one attached hydrogen (secondary N) is 2. The summed E-state index contributed by atoms with van der Waals surface area (Å²) < 4.78 is 39.9. The molecule has 0 spiro atoms. The van der Waals surface area contributed by atoms with Crippen molar-refractivity contribution in [1.82, 2.24) is 14.9 Å². The topological polar surface area (TPSA) is 150 Å². The number of carboxylic acids is 1. The molecule has 3 aromatic rings. The molecule has 5 rings (SSSR count). The molecule has 42 heavy (non-hydrogen) atoms. The number of fused-ring (bicyclic) bond motifs is 1. The number of hydrogen-bond donors (Lipinski definition) is 3. The van der Waals surface area contributed by atoms with E-state index in [0.717, 1.165) is 18.1 Å². The van der Waals surface area contributed by atoms with E-state index in [1.807, 2.05) is 44.2 Å². The Labute approximate surface area is 240 Å². The number of nitrogens with zero attached hydrogens (tertiary/aromatic N) is 2. The fourth-order valence-corrected chi connectivity index (χ4v) is 4.80. The van der Waals surface area contributed by atoms with Crippen LogP contribution in [0.25, 0.3) is 0 Å². The molecule has 2 aliphatic heterocycles. The fourth-order valence-electron chi connectivity index (χ4n) is 4.80. The summed E-state index contributed by atoms with van der Waals surface area (Å²) in [6, 6.07) is 13.9. The molecule has 2 aromatic carbocycles. The minimum atomic E-state index is -1.27. The third kappa shape index (κ3) is 6.34. The molecule has 2 saturated heterocycles. The van der Waals surface area contributed by atoms with Crippen LogP contribution in [0.3, 0.4) is 0 Å². The minimum Gasteiger partial charge on any atom is -0.478 e. The standard InChI is InChI=1S/C29H31FN4O8/c1-3-16(2)31-28(37)32-22-12-13-34(29(38)33-22)25-24-23(41-27(42-24)17-8-5-4-6-9-17)21(40-25)15-39-14-19-18(26(35)36)10-7-11-20(19)30/h4-13,16,21,23-25,27H,3,14-15H2,1-2H3,(H,35,36)(H2,31,32,33,37,38)/t16?,21-,23?,24?,25-,27+/m1/s1. The van der Waals surface area contributed by atoms with Crippen LogP contribution >= 0.6 is 0 Å². The van der Waals surface area contributed by atoms with Gasteiger partial charge in [0.15, 0.2) is 12.5 Å². The summed E-state index contributed by atoms with van der Waals surface area (Å²) >= 11 is 0. The van der Waals surface area contributed by atoms with Gasteiger partial charge in [-0.3, -0.25) is 9.88 Å². The monoisotopic (exact) mass is 582 g/mol. The van der Waals surface area contributed by atoms with Gasteiger partial charge in [0.25, 0.3) is 0 Å². The highest BCUT2D eigenvalue weighted by molar-refractivity contribution is 5.89. The Morgan fingerprint density at radius 1 is 1.10 bits per heavy atom. The van der Waals surface area contributed by atoms with Crippen LogP contribution in [0.1, 0.15) is 54.3 Å². The number of amides is 2. The maximum Gasteiger partial charge on any atom is 0.351 e. The first-order valence-corrected chi connectivity index (χ1v) is 13.5. The highest BCUT2D eigenvalue weighted by atomic mass is 19.1. The van der Waals surface area contributed by atoms with Crippen molar-refractivity contribution in [2.75, 3.05) is 11.9 Å². The summed E-state index contributed by atoms with van der Waals surface area (Å²) in [5, 5.41) is 14.7. The molecule has 1 aromatic heterocycles. The van der Waals surface area contributed by atoms with Crippen molar-refractivity contribution in [1.29, 1.82) is 0 Å². The maximum absolute atomic E-state index is 14.4. The molecule has 12 nitrogen and oxygen atoms in total. The largest absolute Gasteiger partial charge is 0.478 e. The van der Waals surface area contributed by atoms with E-state index in [1.54, 1.807) is 0 Å². The van der Waals surface area contributed by atoms with Crippen LogP contribution in [0.5, 0.6) is 0 Å². The van der Waals surface area contributed by atoms with E-state index >= 15 is 0 Å². The predicted octanol–water partition coefficient (Wildman–Crippen LogP) is 3.60. The van der Waals surface area contributed by atoms with Crippen molar-refractivity contribution in [3.63, 3.8) is 0 Å². The fraction of sp³-hybridized carbons (Fsp3) is 0.379. The lowest BCUT2D eigenvalue weighted by Gasteiger charge is -2.22. The second-order valence-electron chi connectivity index (χ2n) is 10.0. The predicted molar refractivity (Wildman–Crippen MR) is 146 cm³/mol. The number of carbonyl (C=O) groups excluding carboxylic acids is 1. The van der Waals surface area contributed by atoms with Gasteiger partial charge in [0.1, 0.15) is 29.9 Å². The van der Waals surface area contributed by atoms with E-state index in [2.05, 4.69) is 15.6 Å². The van der Waals surface area contributed by atoms with Crippen molar-refractivity contribution < 1.29 is 38.0 Å². The smallest absolute Gasteiger partial charge is 0.351 e. The molecule has 2 fully saturated rings. The first-order chi connectivity index (χ1) is 20.2. The molecule has 2 aliphatic rings. The van der Waals surface area contributed by atoms with Crippen LogP contribution in [0, 0.1) is 5.82 Å². The molecule has 2 amide bonds. The van der Waals surface area contributed by atoms with E-state index in [1.165, 1.54) is 29.0 Å². The lowest BCUT2D eigenvalue weighted by Crippen LogP contribution is -2.37. The zero-order chi connectivity index (χ0) is 29.8. The molecule has 3 N–H and O–H groups in total. The SMILES string of the molecule is CCC(C)NC(=O)Nc1ccn([C@@H]2O[C@H](COCc3c(F)cccc3C(=O)O)C3O[C@H](c4ccccc4)OC32)c(=O)n1. The molecule has 3 heterocycles. The number of ether oxygens (including phenoxy) is 4. The van der Waals surface area contributed by atoms with E-state index in [9.17, 15) is 23.9 Å². The van der Waals surface area contributed by atoms with Crippen LogP contribution in [0.15, 0.2) is 65.6 Å². The molecule has 222 valence electrons. The number of aromatic nitrogens is 2. The zero-order valence-electron chi connectivity index (χ0n) is 22.9. The molecule has 0 radical (unpaired) electrons. The molecule has 6 atom stereocenters. The Morgan fingerprint density at radius 3 is 2.57 bits per heavy atom. The van der Waals surface area contributed by atoms with Crippen molar-refractivity contribution in [3.8, 4) is 0 Å². The molecule has 0 bridgehead atoms. The van der Waals surface area contributed by atoms with Gasteiger partial charge in [0.2, 0.25) is 0 Å². The van der Waals surface area contributed by atoms with Crippen molar-refractivity contribution in [2.24, 2.45) is 0 Å². The zero-order valence-corrected chi connectivity index (χ0v) is 22.9. The first kappa shape index (κ1) is 29.3. The van der Waals surface area contributed by atoms with Gasteiger partial charge >= 0.3 is 17.7 Å². The Bertz CT molecular complexity index is 1490. The summed E-state index contributed by atoms with van der Waals surface area (Å²) in [5.41, 5.74) is -0.222. The first-order valence-electron chi connectivity index (χ1n) is 13.5. The lowest BCUT2D eigenvalue weighted by molar-refractivity contribution is -0.159. The number of benzene rings is 2. The highest BCUT2D eigenvalue weighted by Gasteiger charge is 2.54. The number of anilines is 1. The van der Waals surface area contributed by atoms with Crippen molar-refractivity contribution in [2.45, 2.75) is 63.7 Å². The maximum atomic E-state index is 14.4. The summed E-state index contributed by atoms with van der Waals surface area (Å²) in [5.74, 6) is -1.91. The van der Waals surface area contributed by atoms with Gasteiger partial charge in [-0.15, -0.1) is 0 Å². The normalized spacial score (nSPS) is 23.7. The Morgan fingerprint density at radius 2 is 1.86 bits per heavy atom. The number of carbonyl (C=O) groups is 2. The van der Waals surface area contributed by atoms with Gasteiger partial charge in [0.05, 0.1) is 18.8 Å². The van der Waals surface area contributed by atoms with Crippen molar-refractivity contribution in [3.05, 3.63) is 93.8 Å². The van der Waals surface area contributed by atoms with Crippen LogP contribution < -0.4 is 16.3 Å². The van der Waals surface area contributed by atoms with E-state index in [4.69, 9.17) is 18.9 Å². The van der Waals surface area contributed by atoms with E-state index in [0.29, 0.717) is 0 Å². The van der Waals surface area contributed by atoms with E-state index < -0.39 is 54.3 Å². The lowest BCUT2D eigenvalue weighted by atomic mass is 10.1. The average Bonchev–Trinajstić information content (AvgIpc) is 3.54. The Balaban J connectivity index is 1.34. The Hall–Kier alpha value is -4.17. The minimum absolute atomic E-state index is 0.0560. The number of rotatable bonds is 10. The number of aromatic carboxylic acids is 1. The molecular formula is C29H31FN4O8. The number of urea groups is 1. The van der Waals surface area contributed by atoms with Gasteiger partial charge in [-0.25, -0.2) is 18.8 Å². The number of carboxylic acid groups (broad SMARTS) is 1. The quantitative estimate of drug-likeness (QED) is 0.326. The summed E-state index contributed by atoms with van der Waals surface area (Å²) in [6.45, 7) is 3.36. The second-order valence-corrected chi connectivity index (χ2v) is 10.0. The van der Waals surface area contributed by atoms with Crippen LogP contribution in [0.2, 0.25) is 0 Å². The molecule has 0 saturated carbocycles. The molecule has 3 unspecified atom stereocenters. The molecular weight excluding hydrogens is 551 g/mol. The van der Waals surface area contributed by atoms with Gasteiger partial charge in [-0.2, -0.15) is 4.98 Å². The van der Waals surface area contributed by atoms with Gasteiger partial charge in [-0.1, -0.05) is 43.3 Å². The van der Waals surface area contributed by atoms with Crippen LogP contribution in [0.4, 0.5) is 15.0 Å². The third-order valence-corrected chi connectivity index (χ3v) is 7.13. The average molecular weight is 583 g/mol. The summed E-state index contributed by atoms with van der Waals surface area (Å²) in [6.07, 6.45) is -1.68. The van der Waals surface area contributed by atoms with Gasteiger partial charge < -0.3 is 29.4 Å². The second kappa shape index (κ2) is 12.8. The van der Waals surface area contributed by atoms with Gasteiger partial charge in [0, 0.05) is 23.4 Å². The number of hydrogen-bond acceptors (Lipinski definition) is 8. The van der Waals surface area contributed by atoms with Crippen molar-refractivity contribution >= 4 is 17.8 Å². The van der Waals surface area contributed by atoms with E-state index in [-0.39, 0.29) is 36.2 Å². The van der Waals surface area contributed by atoms with Crippen LogP contribution in [-0.4, -0.2) is 57.6 Å². The highest BCUT2D eigenvalue weighted by Crippen LogP contribution is 2.43. The van der Waals surface area contributed by atoms with Gasteiger partial charge in [-0.05, 0) is 31.5 Å². The molecule has 0 aliphatic carbocycles. The van der Waals surface area contributed by atoms with Crippen LogP contribution in [-0.2, 0) is 25.6 Å². The summed E-state index contributed by atoms with van der Waals surface area (Å²) in [4.78, 5) is 40.7. The number of halogens is 1.